The largest absolute Gasteiger partial charge is 0.472 e. The van der Waals surface area contributed by atoms with Gasteiger partial charge in [0.25, 0.3) is 0 Å². The Morgan fingerprint density at radius 1 is 0.270 bits per heavy atom. The topological polar surface area (TPSA) is 237 Å². The van der Waals surface area contributed by atoms with E-state index in [1.54, 1.807) is 0 Å². The van der Waals surface area contributed by atoms with Crippen LogP contribution in [0.1, 0.15) is 433 Å². The molecule has 594 valence electrons. The summed E-state index contributed by atoms with van der Waals surface area (Å²) >= 11 is 0. The molecule has 17 nitrogen and oxygen atoms in total. The molecule has 0 fully saturated rings. The highest BCUT2D eigenvalue weighted by atomic mass is 31.2. The van der Waals surface area contributed by atoms with Crippen molar-refractivity contribution in [1.29, 1.82) is 0 Å². The molecule has 0 radical (unpaired) electrons. The second-order valence-corrected chi connectivity index (χ2v) is 32.5. The van der Waals surface area contributed by atoms with Crippen molar-refractivity contribution in [2.45, 2.75) is 451 Å². The molecule has 0 saturated heterocycles. The van der Waals surface area contributed by atoms with Gasteiger partial charge in [-0.1, -0.05) is 381 Å². The second-order valence-electron chi connectivity index (χ2n) is 29.6. The Bertz CT molecular complexity index is 1910. The number of ether oxygens (including phenoxy) is 4. The number of phosphoric ester groups is 2. The lowest BCUT2D eigenvalue weighted by Crippen LogP contribution is -2.30. The maximum Gasteiger partial charge on any atom is 0.472 e. The van der Waals surface area contributed by atoms with E-state index in [4.69, 9.17) is 37.0 Å². The first-order valence-electron chi connectivity index (χ1n) is 42.1. The summed E-state index contributed by atoms with van der Waals surface area (Å²) in [4.78, 5) is 72.9. The third-order valence-corrected chi connectivity index (χ3v) is 20.9. The molecular weight excluding hydrogens is 1310 g/mol. The molecule has 3 N–H and O–H groups in total. The highest BCUT2D eigenvalue weighted by Gasteiger charge is 2.30. The van der Waals surface area contributed by atoms with E-state index in [2.05, 4.69) is 34.6 Å². The fourth-order valence-electron chi connectivity index (χ4n) is 12.6. The highest BCUT2D eigenvalue weighted by Crippen LogP contribution is 2.45. The molecule has 0 aliphatic rings. The first kappa shape index (κ1) is 98.1. The molecular formula is C81H158O17P2. The summed E-state index contributed by atoms with van der Waals surface area (Å²) in [5, 5.41) is 10.6. The van der Waals surface area contributed by atoms with Gasteiger partial charge in [0, 0.05) is 25.7 Å². The molecule has 2 unspecified atom stereocenters. The van der Waals surface area contributed by atoms with E-state index in [0.29, 0.717) is 25.7 Å². The number of hydrogen-bond donors (Lipinski definition) is 3. The first-order valence-corrected chi connectivity index (χ1v) is 45.1. The maximum absolute atomic E-state index is 13.1. The van der Waals surface area contributed by atoms with Crippen LogP contribution in [0, 0.1) is 5.92 Å². The van der Waals surface area contributed by atoms with Crippen LogP contribution in [-0.2, 0) is 65.4 Å². The van der Waals surface area contributed by atoms with E-state index < -0.39 is 97.5 Å². The molecule has 0 aromatic rings. The molecule has 0 rings (SSSR count). The summed E-state index contributed by atoms with van der Waals surface area (Å²) in [6.07, 6.45) is 65.3. The van der Waals surface area contributed by atoms with Crippen LogP contribution in [0.25, 0.3) is 0 Å². The van der Waals surface area contributed by atoms with Crippen LogP contribution in [0.3, 0.4) is 0 Å². The Balaban J connectivity index is 5.18. The van der Waals surface area contributed by atoms with E-state index >= 15 is 0 Å². The third-order valence-electron chi connectivity index (χ3n) is 19.0. The predicted octanol–water partition coefficient (Wildman–Crippen LogP) is 24.4. The van der Waals surface area contributed by atoms with Crippen molar-refractivity contribution < 1.29 is 80.2 Å². The van der Waals surface area contributed by atoms with E-state index in [1.807, 2.05) is 0 Å². The molecule has 0 aromatic heterocycles. The molecule has 0 saturated carbocycles. The molecule has 0 aromatic carbocycles. The van der Waals surface area contributed by atoms with Gasteiger partial charge in [-0.15, -0.1) is 0 Å². The van der Waals surface area contributed by atoms with Crippen molar-refractivity contribution in [2.24, 2.45) is 5.92 Å². The number of esters is 4. The minimum atomic E-state index is -4.96. The number of hydrogen-bond acceptors (Lipinski definition) is 15. The number of unbranched alkanes of at least 4 members (excludes halogenated alkanes) is 53. The Hall–Kier alpha value is -1.94. The molecule has 0 bridgehead atoms. The first-order chi connectivity index (χ1) is 48.5. The molecule has 5 atom stereocenters. The summed E-state index contributed by atoms with van der Waals surface area (Å²) in [6.45, 7) is 7.34. The summed E-state index contributed by atoms with van der Waals surface area (Å²) < 4.78 is 68.6. The average molecular weight is 1470 g/mol. The van der Waals surface area contributed by atoms with E-state index in [-0.39, 0.29) is 25.7 Å². The van der Waals surface area contributed by atoms with Crippen LogP contribution < -0.4 is 0 Å². The smallest absolute Gasteiger partial charge is 0.462 e. The lowest BCUT2D eigenvalue weighted by Gasteiger charge is -2.21. The maximum atomic E-state index is 13.1. The zero-order valence-corrected chi connectivity index (χ0v) is 67.1. The normalized spacial score (nSPS) is 13.8. The number of aliphatic hydroxyl groups is 1. The van der Waals surface area contributed by atoms with Crippen molar-refractivity contribution >= 4 is 39.5 Å². The van der Waals surface area contributed by atoms with Gasteiger partial charge in [0.2, 0.25) is 0 Å². The minimum Gasteiger partial charge on any atom is -0.462 e. The number of rotatable bonds is 81. The molecule has 0 spiro atoms. The van der Waals surface area contributed by atoms with E-state index in [0.717, 1.165) is 95.8 Å². The molecule has 100 heavy (non-hydrogen) atoms. The fourth-order valence-corrected chi connectivity index (χ4v) is 14.2. The van der Waals surface area contributed by atoms with Crippen molar-refractivity contribution in [3.8, 4) is 0 Å². The Labute approximate surface area is 613 Å². The molecule has 0 aliphatic carbocycles. The predicted molar refractivity (Wildman–Crippen MR) is 409 cm³/mol. The Morgan fingerprint density at radius 2 is 0.460 bits per heavy atom. The van der Waals surface area contributed by atoms with Gasteiger partial charge in [-0.05, 0) is 31.6 Å². The van der Waals surface area contributed by atoms with Crippen LogP contribution >= 0.6 is 15.6 Å². The molecule has 0 aliphatic heterocycles. The third kappa shape index (κ3) is 74.3. The summed E-state index contributed by atoms with van der Waals surface area (Å²) in [7, 11) is -9.91. The van der Waals surface area contributed by atoms with Gasteiger partial charge in [0.05, 0.1) is 26.4 Å². The lowest BCUT2D eigenvalue weighted by atomic mass is 10.0. The van der Waals surface area contributed by atoms with E-state index in [1.165, 1.54) is 257 Å². The van der Waals surface area contributed by atoms with Gasteiger partial charge >= 0.3 is 39.5 Å². The van der Waals surface area contributed by atoms with Crippen LogP contribution in [0.15, 0.2) is 0 Å². The molecule has 19 heteroatoms. The number of aliphatic hydroxyl groups excluding tert-OH is 1. The zero-order valence-electron chi connectivity index (χ0n) is 65.3. The van der Waals surface area contributed by atoms with Gasteiger partial charge in [0.1, 0.15) is 19.3 Å². The Kier molecular flexibility index (Phi) is 72.5. The summed E-state index contributed by atoms with van der Waals surface area (Å²) in [6, 6.07) is 0. The van der Waals surface area contributed by atoms with Crippen LogP contribution in [0.5, 0.6) is 0 Å². The summed E-state index contributed by atoms with van der Waals surface area (Å²) in [5.41, 5.74) is 0. The lowest BCUT2D eigenvalue weighted by molar-refractivity contribution is -0.161. The number of carbonyl (C=O) groups is 4. The van der Waals surface area contributed by atoms with Crippen molar-refractivity contribution in [1.82, 2.24) is 0 Å². The van der Waals surface area contributed by atoms with Crippen molar-refractivity contribution in [2.75, 3.05) is 39.6 Å². The van der Waals surface area contributed by atoms with Gasteiger partial charge in [-0.2, -0.15) is 0 Å². The zero-order chi connectivity index (χ0) is 73.4. The molecule has 0 heterocycles. The number of carbonyl (C=O) groups excluding carboxylic acids is 4. The number of phosphoric acid groups is 2. The average Bonchev–Trinajstić information content (AvgIpc) is 1.15. The Morgan fingerprint density at radius 3 is 0.680 bits per heavy atom. The van der Waals surface area contributed by atoms with Gasteiger partial charge in [-0.25, -0.2) is 9.13 Å². The highest BCUT2D eigenvalue weighted by molar-refractivity contribution is 7.47. The minimum absolute atomic E-state index is 0.107. The van der Waals surface area contributed by atoms with Crippen LogP contribution in [-0.4, -0.2) is 96.7 Å². The fraction of sp³-hybridized carbons (Fsp3) is 0.951. The SMILES string of the molecule is CCCCCCCCCCCCCCCCCCCCCC(=O)OC[C@H](COP(=O)(O)OC[C@@H](O)COP(=O)(O)OC[C@@H](COC(=O)CCCCCCCCCCCC)OC(=O)CCCCCCCCCCCC)OC(=O)CCCCCCCCCCCCCCCCCCCCC(C)C. The van der Waals surface area contributed by atoms with Gasteiger partial charge < -0.3 is 33.8 Å². The van der Waals surface area contributed by atoms with Gasteiger partial charge in [0.15, 0.2) is 12.2 Å². The van der Waals surface area contributed by atoms with Crippen molar-refractivity contribution in [3.63, 3.8) is 0 Å². The monoisotopic (exact) mass is 1470 g/mol. The molecule has 0 amide bonds. The van der Waals surface area contributed by atoms with Crippen LogP contribution in [0.2, 0.25) is 0 Å². The van der Waals surface area contributed by atoms with Crippen molar-refractivity contribution in [3.05, 3.63) is 0 Å². The standard InChI is InChI=1S/C81H158O17P2/c1-6-9-12-15-18-21-24-25-26-27-28-32-35-38-41-46-50-55-60-65-79(84)92-71-77(98-81(86)67-62-57-52-47-42-39-36-33-30-29-31-34-37-40-43-48-53-58-63-74(4)5)73-96-100(89,90)94-69-75(82)68-93-99(87,88)95-72-76(97-80(85)66-61-56-51-45-23-20-17-14-11-8-3)70-91-78(83)64-59-54-49-44-22-19-16-13-10-7-2/h74-77,82H,6-73H2,1-5H3,(H,87,88)(H,89,90)/t75-,76+,77+/m0/s1. The quantitative estimate of drug-likeness (QED) is 0.0222. The summed E-state index contributed by atoms with van der Waals surface area (Å²) in [5.74, 6) is -1.29. The second kappa shape index (κ2) is 73.9. The van der Waals surface area contributed by atoms with Gasteiger partial charge in [-0.3, -0.25) is 37.3 Å². The van der Waals surface area contributed by atoms with Crippen LogP contribution in [0.4, 0.5) is 0 Å². The van der Waals surface area contributed by atoms with E-state index in [9.17, 15) is 43.2 Å².